The molecule has 0 spiro atoms. The van der Waals surface area contributed by atoms with Gasteiger partial charge in [0, 0.05) is 12.5 Å². The van der Waals surface area contributed by atoms with E-state index < -0.39 is 23.5 Å². The van der Waals surface area contributed by atoms with Crippen LogP contribution in [0, 0.1) is 5.41 Å². The molecule has 28 heavy (non-hydrogen) atoms. The minimum absolute atomic E-state index is 0.0877. The molecule has 2 aromatic rings. The van der Waals surface area contributed by atoms with Crippen molar-refractivity contribution in [2.75, 3.05) is 13.2 Å². The number of benzene rings is 2. The minimum atomic E-state index is -1.16. The molecule has 148 valence electrons. The van der Waals surface area contributed by atoms with Crippen molar-refractivity contribution >= 4 is 12.1 Å². The van der Waals surface area contributed by atoms with Gasteiger partial charge in [0.1, 0.15) is 12.6 Å². The zero-order chi connectivity index (χ0) is 20.3. The molecule has 3 N–H and O–H groups in total. The fraction of sp³-hybridized carbons (Fsp3) is 0.364. The highest BCUT2D eigenvalue weighted by molar-refractivity contribution is 5.81. The Kier molecular flexibility index (Phi) is 5.70. The number of carbonyl (C=O) groups excluding carboxylic acids is 1. The Balaban J connectivity index is 1.68. The van der Waals surface area contributed by atoms with Crippen molar-refractivity contribution in [1.29, 1.82) is 0 Å². The number of rotatable bonds is 7. The predicted molar refractivity (Wildman–Crippen MR) is 105 cm³/mol. The summed E-state index contributed by atoms with van der Waals surface area (Å²) in [7, 11) is 0. The molecule has 1 unspecified atom stereocenters. The van der Waals surface area contributed by atoms with Crippen molar-refractivity contribution in [3.63, 3.8) is 0 Å². The summed E-state index contributed by atoms with van der Waals surface area (Å²) >= 11 is 0. The third-order valence-corrected chi connectivity index (χ3v) is 5.12. The van der Waals surface area contributed by atoms with Crippen LogP contribution in [0.1, 0.15) is 37.3 Å². The third kappa shape index (κ3) is 4.17. The molecule has 2 aromatic carbocycles. The van der Waals surface area contributed by atoms with Gasteiger partial charge in [-0.15, -0.1) is 0 Å². The van der Waals surface area contributed by atoms with Crippen molar-refractivity contribution in [3.05, 3.63) is 59.7 Å². The van der Waals surface area contributed by atoms with Crippen molar-refractivity contribution < 1.29 is 24.5 Å². The summed E-state index contributed by atoms with van der Waals surface area (Å²) in [6, 6.07) is 14.9. The van der Waals surface area contributed by atoms with Gasteiger partial charge in [-0.05, 0) is 34.1 Å². The molecule has 6 heteroatoms. The molecule has 1 atom stereocenters. The van der Waals surface area contributed by atoms with Crippen LogP contribution in [0.5, 0.6) is 0 Å². The first kappa shape index (κ1) is 19.9. The normalized spacial score (nSPS) is 14.1. The van der Waals surface area contributed by atoms with Crippen molar-refractivity contribution in [2.24, 2.45) is 5.41 Å². The standard InChI is InChI=1S/C22H25NO5/c1-22(2,13-24)11-19(20(25)26)23-21(27)28-12-18-16-9-5-3-7-14(16)15-8-4-6-10-17(15)18/h3-10,18-19,24H,11-13H2,1-2H3,(H,23,27)(H,25,26). The van der Waals surface area contributed by atoms with Gasteiger partial charge in [-0.1, -0.05) is 62.4 Å². The first-order chi connectivity index (χ1) is 13.3. The number of aliphatic hydroxyl groups is 1. The topological polar surface area (TPSA) is 95.9 Å². The van der Waals surface area contributed by atoms with Crippen LogP contribution in [-0.2, 0) is 9.53 Å². The third-order valence-electron chi connectivity index (χ3n) is 5.12. The van der Waals surface area contributed by atoms with Gasteiger partial charge in [0.2, 0.25) is 0 Å². The number of ether oxygens (including phenoxy) is 1. The second kappa shape index (κ2) is 8.02. The largest absolute Gasteiger partial charge is 0.480 e. The zero-order valence-electron chi connectivity index (χ0n) is 16.0. The highest BCUT2D eigenvalue weighted by Gasteiger charge is 2.31. The van der Waals surface area contributed by atoms with Crippen LogP contribution in [-0.4, -0.2) is 41.5 Å². The number of carboxylic acids is 1. The Labute approximate surface area is 164 Å². The summed E-state index contributed by atoms with van der Waals surface area (Å²) in [5, 5.41) is 21.1. The maximum atomic E-state index is 12.3. The van der Waals surface area contributed by atoms with Crippen LogP contribution in [0.3, 0.4) is 0 Å². The van der Waals surface area contributed by atoms with Crippen LogP contribution < -0.4 is 5.32 Å². The number of nitrogens with one attached hydrogen (secondary N) is 1. The zero-order valence-corrected chi connectivity index (χ0v) is 16.0. The van der Waals surface area contributed by atoms with Crippen LogP contribution in [0.2, 0.25) is 0 Å². The number of carboxylic acid groups (broad SMARTS) is 1. The fourth-order valence-electron chi connectivity index (χ4n) is 3.60. The van der Waals surface area contributed by atoms with E-state index in [2.05, 4.69) is 5.32 Å². The van der Waals surface area contributed by atoms with E-state index >= 15 is 0 Å². The molecule has 1 aliphatic rings. The second-order valence-electron chi connectivity index (χ2n) is 7.89. The van der Waals surface area contributed by atoms with Gasteiger partial charge in [0.25, 0.3) is 0 Å². The highest BCUT2D eigenvalue weighted by Crippen LogP contribution is 2.44. The lowest BCUT2D eigenvalue weighted by atomic mass is 9.86. The average Bonchev–Trinajstić information content (AvgIpc) is 2.99. The van der Waals surface area contributed by atoms with Crippen molar-refractivity contribution in [2.45, 2.75) is 32.2 Å². The van der Waals surface area contributed by atoms with Crippen molar-refractivity contribution in [3.8, 4) is 11.1 Å². The van der Waals surface area contributed by atoms with E-state index in [9.17, 15) is 19.8 Å². The molecule has 1 amide bonds. The molecular formula is C22H25NO5. The predicted octanol–water partition coefficient (Wildman–Crippen LogP) is 3.39. The molecule has 0 saturated heterocycles. The molecule has 0 bridgehead atoms. The van der Waals surface area contributed by atoms with Gasteiger partial charge < -0.3 is 20.3 Å². The lowest BCUT2D eigenvalue weighted by Crippen LogP contribution is -2.44. The first-order valence-electron chi connectivity index (χ1n) is 9.27. The number of amides is 1. The average molecular weight is 383 g/mol. The van der Waals surface area contributed by atoms with Crippen LogP contribution in [0.25, 0.3) is 11.1 Å². The number of aliphatic carboxylic acids is 1. The van der Waals surface area contributed by atoms with Crippen molar-refractivity contribution in [1.82, 2.24) is 5.32 Å². The van der Waals surface area contributed by atoms with Gasteiger partial charge in [0.15, 0.2) is 0 Å². The summed E-state index contributed by atoms with van der Waals surface area (Å²) in [5.74, 6) is -1.25. The highest BCUT2D eigenvalue weighted by atomic mass is 16.5. The van der Waals surface area contributed by atoms with E-state index in [1.165, 1.54) is 0 Å². The lowest BCUT2D eigenvalue weighted by molar-refractivity contribution is -0.140. The number of aliphatic hydroxyl groups excluding tert-OH is 1. The van der Waals surface area contributed by atoms with Gasteiger partial charge >= 0.3 is 12.1 Å². The number of fused-ring (bicyclic) bond motifs is 3. The van der Waals surface area contributed by atoms with E-state index in [-0.39, 0.29) is 25.6 Å². The van der Waals surface area contributed by atoms with E-state index in [1.54, 1.807) is 13.8 Å². The van der Waals surface area contributed by atoms with E-state index in [0.29, 0.717) is 0 Å². The van der Waals surface area contributed by atoms with E-state index in [1.807, 2.05) is 48.5 Å². The Bertz CT molecular complexity index is 831. The molecule has 1 aliphatic carbocycles. The lowest BCUT2D eigenvalue weighted by Gasteiger charge is -2.26. The first-order valence-corrected chi connectivity index (χ1v) is 9.27. The van der Waals surface area contributed by atoms with E-state index in [4.69, 9.17) is 4.74 Å². The van der Waals surface area contributed by atoms with Gasteiger partial charge in [-0.25, -0.2) is 9.59 Å². The minimum Gasteiger partial charge on any atom is -0.480 e. The maximum Gasteiger partial charge on any atom is 0.407 e. The molecule has 0 fully saturated rings. The number of hydrogen-bond donors (Lipinski definition) is 3. The Morgan fingerprint density at radius 1 is 1.07 bits per heavy atom. The SMILES string of the molecule is CC(C)(CO)CC(NC(=O)OCC1c2ccccc2-c2ccccc21)C(=O)O. The molecule has 3 rings (SSSR count). The molecule has 0 radical (unpaired) electrons. The molecule has 0 aromatic heterocycles. The second-order valence-corrected chi connectivity index (χ2v) is 7.89. The van der Waals surface area contributed by atoms with Gasteiger partial charge in [-0.3, -0.25) is 0 Å². The quantitative estimate of drug-likeness (QED) is 0.681. The molecule has 0 heterocycles. The summed E-state index contributed by atoms with van der Waals surface area (Å²) in [5.41, 5.74) is 3.81. The summed E-state index contributed by atoms with van der Waals surface area (Å²) in [4.78, 5) is 23.7. The van der Waals surface area contributed by atoms with Crippen LogP contribution in [0.4, 0.5) is 4.79 Å². The van der Waals surface area contributed by atoms with Crippen LogP contribution in [0.15, 0.2) is 48.5 Å². The molecule has 0 aliphatic heterocycles. The summed E-state index contributed by atoms with van der Waals surface area (Å²) < 4.78 is 5.39. The summed E-state index contributed by atoms with van der Waals surface area (Å²) in [6.45, 7) is 3.42. The summed E-state index contributed by atoms with van der Waals surface area (Å²) in [6.07, 6.45) is -0.675. The maximum absolute atomic E-state index is 12.3. The Morgan fingerprint density at radius 3 is 2.11 bits per heavy atom. The molecule has 0 saturated carbocycles. The fourth-order valence-corrected chi connectivity index (χ4v) is 3.60. The van der Waals surface area contributed by atoms with E-state index in [0.717, 1.165) is 22.3 Å². The Hall–Kier alpha value is -2.86. The Morgan fingerprint density at radius 2 is 1.61 bits per heavy atom. The number of alkyl carbamates (subject to hydrolysis) is 1. The molecule has 6 nitrogen and oxygen atoms in total. The van der Waals surface area contributed by atoms with Crippen LogP contribution >= 0.6 is 0 Å². The van der Waals surface area contributed by atoms with Gasteiger partial charge in [-0.2, -0.15) is 0 Å². The van der Waals surface area contributed by atoms with Gasteiger partial charge in [0.05, 0.1) is 0 Å². The smallest absolute Gasteiger partial charge is 0.407 e. The number of hydrogen-bond acceptors (Lipinski definition) is 4. The number of carbonyl (C=O) groups is 2. The molecular weight excluding hydrogens is 358 g/mol. The monoisotopic (exact) mass is 383 g/mol.